The third-order valence-electron chi connectivity index (χ3n) is 4.26. The van der Waals surface area contributed by atoms with Gasteiger partial charge in [-0.3, -0.25) is 0 Å². The van der Waals surface area contributed by atoms with Crippen molar-refractivity contribution in [2.75, 3.05) is 19.8 Å². The van der Waals surface area contributed by atoms with Gasteiger partial charge in [0.1, 0.15) is 19.0 Å². The third kappa shape index (κ3) is 7.78. The summed E-state index contributed by atoms with van der Waals surface area (Å²) in [7, 11) is 0. The number of halogens is 1. The van der Waals surface area contributed by atoms with Crippen LogP contribution in [0.3, 0.4) is 0 Å². The van der Waals surface area contributed by atoms with E-state index in [0.29, 0.717) is 17.4 Å². The monoisotopic (exact) mass is 418 g/mol. The fourth-order valence-electron chi connectivity index (χ4n) is 2.71. The molecular weight excluding hydrogens is 392 g/mol. The van der Waals surface area contributed by atoms with E-state index in [1.807, 2.05) is 0 Å². The van der Waals surface area contributed by atoms with E-state index in [-0.39, 0.29) is 24.3 Å². The normalized spacial score (nSPS) is 10.4. The molecule has 0 aliphatic rings. The zero-order valence-electron chi connectivity index (χ0n) is 16.7. The molecule has 0 radical (unpaired) electrons. The molecule has 0 N–H and O–H groups in total. The largest absolute Gasteiger partial charge is 0.488 e. The lowest BCUT2D eigenvalue weighted by atomic mass is 10.1. The highest BCUT2D eigenvalue weighted by Crippen LogP contribution is 2.22. The number of ether oxygens (including phenoxy) is 3. The average Bonchev–Trinajstić information content (AvgIpc) is 2.74. The van der Waals surface area contributed by atoms with Crippen LogP contribution in [0.25, 0.3) is 0 Å². The van der Waals surface area contributed by atoms with Crippen molar-refractivity contribution in [3.8, 4) is 5.75 Å². The van der Waals surface area contributed by atoms with Crippen molar-refractivity contribution in [2.24, 2.45) is 0 Å². The highest BCUT2D eigenvalue weighted by molar-refractivity contribution is 6.32. The summed E-state index contributed by atoms with van der Waals surface area (Å²) in [5.74, 6) is -0.586. The molecule has 2 aromatic rings. The summed E-state index contributed by atoms with van der Waals surface area (Å²) in [6.45, 7) is 2.68. The van der Waals surface area contributed by atoms with Gasteiger partial charge in [0, 0.05) is 0 Å². The van der Waals surface area contributed by atoms with Crippen LogP contribution in [0.1, 0.15) is 59.7 Å². The number of para-hydroxylation sites is 1. The van der Waals surface area contributed by atoms with E-state index in [9.17, 15) is 9.59 Å². The maximum absolute atomic E-state index is 12.4. The Morgan fingerprint density at radius 1 is 0.759 bits per heavy atom. The molecule has 2 rings (SSSR count). The van der Waals surface area contributed by atoms with Crippen LogP contribution in [0.4, 0.5) is 0 Å². The lowest BCUT2D eigenvalue weighted by Crippen LogP contribution is -2.17. The Labute approximate surface area is 176 Å². The molecule has 156 valence electrons. The lowest BCUT2D eigenvalue weighted by molar-refractivity contribution is 0.0422. The molecule has 0 aliphatic heterocycles. The number of carbonyl (C=O) groups is 2. The molecule has 29 heavy (non-hydrogen) atoms. The number of esters is 2. The standard InChI is InChI=1S/C23H27ClO5/c1-2-3-4-5-10-15-28-22(25)18-11-6-7-12-19(18)23(26)29-17-16-27-21-14-9-8-13-20(21)24/h6-9,11-14H,2-5,10,15-17H2,1H3. The van der Waals surface area contributed by atoms with Crippen LogP contribution >= 0.6 is 11.6 Å². The summed E-state index contributed by atoms with van der Waals surface area (Å²) in [6, 6.07) is 13.5. The summed E-state index contributed by atoms with van der Waals surface area (Å²) < 4.78 is 16.0. The van der Waals surface area contributed by atoms with E-state index < -0.39 is 11.9 Å². The van der Waals surface area contributed by atoms with Gasteiger partial charge in [0.05, 0.1) is 22.8 Å². The number of hydrogen-bond donors (Lipinski definition) is 0. The fraction of sp³-hybridized carbons (Fsp3) is 0.391. The minimum absolute atomic E-state index is 0.0326. The quantitative estimate of drug-likeness (QED) is 0.326. The summed E-state index contributed by atoms with van der Waals surface area (Å²) in [4.78, 5) is 24.7. The number of hydrogen-bond acceptors (Lipinski definition) is 5. The van der Waals surface area contributed by atoms with E-state index >= 15 is 0 Å². The number of unbranched alkanes of at least 4 members (excludes halogenated alkanes) is 4. The first-order chi connectivity index (χ1) is 14.1. The summed E-state index contributed by atoms with van der Waals surface area (Å²) in [6.07, 6.45) is 5.32. The van der Waals surface area contributed by atoms with Crippen LogP contribution in [0.15, 0.2) is 48.5 Å². The molecular formula is C23H27ClO5. The smallest absolute Gasteiger partial charge is 0.339 e. The second-order valence-corrected chi connectivity index (χ2v) is 6.92. The zero-order valence-corrected chi connectivity index (χ0v) is 17.5. The van der Waals surface area contributed by atoms with E-state index in [2.05, 4.69) is 6.92 Å². The Bertz CT molecular complexity index is 790. The number of rotatable bonds is 12. The van der Waals surface area contributed by atoms with Gasteiger partial charge < -0.3 is 14.2 Å². The molecule has 0 spiro atoms. The van der Waals surface area contributed by atoms with Gasteiger partial charge in [0.15, 0.2) is 0 Å². The third-order valence-corrected chi connectivity index (χ3v) is 4.57. The molecule has 0 fully saturated rings. The first kappa shape index (κ1) is 22.8. The summed E-state index contributed by atoms with van der Waals surface area (Å²) in [5.41, 5.74) is 0.388. The molecule has 5 nitrogen and oxygen atoms in total. The maximum atomic E-state index is 12.4. The van der Waals surface area contributed by atoms with Crippen molar-refractivity contribution in [1.82, 2.24) is 0 Å². The molecule has 0 aliphatic carbocycles. The molecule has 2 aromatic carbocycles. The van der Waals surface area contributed by atoms with Crippen molar-refractivity contribution in [3.63, 3.8) is 0 Å². The Morgan fingerprint density at radius 3 is 2.00 bits per heavy atom. The van der Waals surface area contributed by atoms with E-state index in [0.717, 1.165) is 19.3 Å². The van der Waals surface area contributed by atoms with Gasteiger partial charge in [0.25, 0.3) is 0 Å². The van der Waals surface area contributed by atoms with Crippen LogP contribution in [-0.2, 0) is 9.47 Å². The first-order valence-corrected chi connectivity index (χ1v) is 10.3. The highest BCUT2D eigenvalue weighted by Gasteiger charge is 2.19. The molecule has 0 bridgehead atoms. The van der Waals surface area contributed by atoms with Crippen molar-refractivity contribution < 1.29 is 23.8 Å². The first-order valence-electron chi connectivity index (χ1n) is 9.94. The molecule has 0 saturated heterocycles. The van der Waals surface area contributed by atoms with Crippen molar-refractivity contribution in [2.45, 2.75) is 39.0 Å². The van der Waals surface area contributed by atoms with Crippen LogP contribution in [0.5, 0.6) is 5.75 Å². The predicted molar refractivity (Wildman–Crippen MR) is 113 cm³/mol. The average molecular weight is 419 g/mol. The number of carbonyl (C=O) groups excluding carboxylic acids is 2. The van der Waals surface area contributed by atoms with Gasteiger partial charge in [-0.15, -0.1) is 0 Å². The minimum atomic E-state index is -0.594. The maximum Gasteiger partial charge on any atom is 0.339 e. The summed E-state index contributed by atoms with van der Waals surface area (Å²) >= 11 is 6.01. The van der Waals surface area contributed by atoms with Crippen LogP contribution in [-0.4, -0.2) is 31.8 Å². The van der Waals surface area contributed by atoms with Gasteiger partial charge in [-0.25, -0.2) is 9.59 Å². The van der Waals surface area contributed by atoms with Gasteiger partial charge >= 0.3 is 11.9 Å². The van der Waals surface area contributed by atoms with Crippen molar-refractivity contribution in [1.29, 1.82) is 0 Å². The lowest BCUT2D eigenvalue weighted by Gasteiger charge is -2.11. The molecule has 0 aromatic heterocycles. The van der Waals surface area contributed by atoms with Crippen molar-refractivity contribution >= 4 is 23.5 Å². The van der Waals surface area contributed by atoms with Gasteiger partial charge in [-0.2, -0.15) is 0 Å². The molecule has 0 amide bonds. The van der Waals surface area contributed by atoms with E-state index in [1.165, 1.54) is 12.8 Å². The second-order valence-electron chi connectivity index (χ2n) is 6.51. The predicted octanol–water partition coefficient (Wildman–Crippen LogP) is 5.70. The van der Waals surface area contributed by atoms with Gasteiger partial charge in [-0.1, -0.05) is 68.5 Å². The zero-order chi connectivity index (χ0) is 20.9. The van der Waals surface area contributed by atoms with Crippen LogP contribution < -0.4 is 4.74 Å². The Kier molecular flexibility index (Phi) is 10.1. The van der Waals surface area contributed by atoms with E-state index in [4.69, 9.17) is 25.8 Å². The van der Waals surface area contributed by atoms with Crippen molar-refractivity contribution in [3.05, 3.63) is 64.7 Å². The Balaban J connectivity index is 1.81. The fourth-order valence-corrected chi connectivity index (χ4v) is 2.90. The molecule has 0 atom stereocenters. The molecule has 6 heteroatoms. The summed E-state index contributed by atoms with van der Waals surface area (Å²) in [5, 5.41) is 0.488. The SMILES string of the molecule is CCCCCCCOC(=O)c1ccccc1C(=O)OCCOc1ccccc1Cl. The Hall–Kier alpha value is -2.53. The topological polar surface area (TPSA) is 61.8 Å². The highest BCUT2D eigenvalue weighted by atomic mass is 35.5. The van der Waals surface area contributed by atoms with Gasteiger partial charge in [0.2, 0.25) is 0 Å². The van der Waals surface area contributed by atoms with Crippen LogP contribution in [0, 0.1) is 0 Å². The van der Waals surface area contributed by atoms with Crippen LogP contribution in [0.2, 0.25) is 5.02 Å². The van der Waals surface area contributed by atoms with Gasteiger partial charge in [-0.05, 0) is 30.7 Å². The minimum Gasteiger partial charge on any atom is -0.488 e. The molecule has 0 heterocycles. The molecule has 0 unspecified atom stereocenters. The number of benzene rings is 2. The second kappa shape index (κ2) is 12.8. The van der Waals surface area contributed by atoms with E-state index in [1.54, 1.807) is 48.5 Å². The molecule has 0 saturated carbocycles. The Morgan fingerprint density at radius 2 is 1.34 bits per heavy atom.